The number of aromatic amines is 1. The third kappa shape index (κ3) is 2.38. The predicted molar refractivity (Wildman–Crippen MR) is 61.7 cm³/mol. The van der Waals surface area contributed by atoms with Gasteiger partial charge >= 0.3 is 0 Å². The molecule has 2 heterocycles. The SMILES string of the molecule is NC(=O)C1CNCCN1C(=O)c1ccc(=O)[nH]n1. The van der Waals surface area contributed by atoms with Gasteiger partial charge in [0.25, 0.3) is 11.5 Å². The van der Waals surface area contributed by atoms with Crippen LogP contribution in [0.1, 0.15) is 10.5 Å². The van der Waals surface area contributed by atoms with Crippen LogP contribution < -0.4 is 16.6 Å². The Morgan fingerprint density at radius 2 is 2.22 bits per heavy atom. The first-order valence-electron chi connectivity index (χ1n) is 5.46. The number of nitrogens with one attached hydrogen (secondary N) is 2. The highest BCUT2D eigenvalue weighted by Gasteiger charge is 2.31. The van der Waals surface area contributed by atoms with Gasteiger partial charge in [-0.15, -0.1) is 0 Å². The second-order valence-corrected chi connectivity index (χ2v) is 3.93. The lowest BCUT2D eigenvalue weighted by Crippen LogP contribution is -2.58. The van der Waals surface area contributed by atoms with Crippen LogP contribution in [0.2, 0.25) is 0 Å². The van der Waals surface area contributed by atoms with Crippen LogP contribution in [0.5, 0.6) is 0 Å². The summed E-state index contributed by atoms with van der Waals surface area (Å²) in [6.45, 7) is 1.27. The van der Waals surface area contributed by atoms with Gasteiger partial charge < -0.3 is 16.0 Å². The highest BCUT2D eigenvalue weighted by atomic mass is 16.2. The van der Waals surface area contributed by atoms with Crippen LogP contribution in [0.4, 0.5) is 0 Å². The van der Waals surface area contributed by atoms with Crippen LogP contribution in [-0.2, 0) is 4.79 Å². The lowest BCUT2D eigenvalue weighted by Gasteiger charge is -2.33. The Labute approximate surface area is 102 Å². The fourth-order valence-corrected chi connectivity index (χ4v) is 1.81. The van der Waals surface area contributed by atoms with Crippen molar-refractivity contribution in [2.75, 3.05) is 19.6 Å². The number of carbonyl (C=O) groups is 2. The normalized spacial score (nSPS) is 19.6. The molecular weight excluding hydrogens is 238 g/mol. The minimum absolute atomic E-state index is 0.0859. The number of nitrogens with zero attached hydrogens (tertiary/aromatic N) is 2. The monoisotopic (exact) mass is 251 g/mol. The summed E-state index contributed by atoms with van der Waals surface area (Å²) in [6, 6.07) is 1.84. The Morgan fingerprint density at radius 1 is 1.44 bits per heavy atom. The van der Waals surface area contributed by atoms with E-state index < -0.39 is 23.4 Å². The summed E-state index contributed by atoms with van der Waals surface area (Å²) < 4.78 is 0. The van der Waals surface area contributed by atoms with E-state index in [1.165, 1.54) is 17.0 Å². The quantitative estimate of drug-likeness (QED) is 0.544. The first-order chi connectivity index (χ1) is 8.59. The highest BCUT2D eigenvalue weighted by Crippen LogP contribution is 2.07. The molecule has 1 atom stereocenters. The molecule has 1 unspecified atom stereocenters. The number of aromatic nitrogens is 2. The number of piperazine rings is 1. The van der Waals surface area contributed by atoms with E-state index >= 15 is 0 Å². The highest BCUT2D eigenvalue weighted by molar-refractivity contribution is 5.95. The van der Waals surface area contributed by atoms with Crippen molar-refractivity contribution in [3.63, 3.8) is 0 Å². The molecule has 0 radical (unpaired) electrons. The van der Waals surface area contributed by atoms with Crippen molar-refractivity contribution in [3.05, 3.63) is 28.2 Å². The molecule has 0 saturated carbocycles. The van der Waals surface area contributed by atoms with Gasteiger partial charge in [0.1, 0.15) is 11.7 Å². The van der Waals surface area contributed by atoms with E-state index in [2.05, 4.69) is 15.5 Å². The second-order valence-electron chi connectivity index (χ2n) is 3.93. The van der Waals surface area contributed by atoms with E-state index in [1.54, 1.807) is 0 Å². The van der Waals surface area contributed by atoms with E-state index in [9.17, 15) is 14.4 Å². The molecule has 1 aliphatic rings. The average Bonchev–Trinajstić information content (AvgIpc) is 2.39. The Bertz CT molecular complexity index is 506. The molecule has 0 bridgehead atoms. The molecule has 1 aromatic heterocycles. The van der Waals surface area contributed by atoms with Crippen LogP contribution >= 0.6 is 0 Å². The molecule has 0 aromatic carbocycles. The number of primary amides is 1. The van der Waals surface area contributed by atoms with Gasteiger partial charge in [0.05, 0.1) is 0 Å². The summed E-state index contributed by atoms with van der Waals surface area (Å²) in [6.07, 6.45) is 0. The van der Waals surface area contributed by atoms with Crippen molar-refractivity contribution >= 4 is 11.8 Å². The average molecular weight is 251 g/mol. The molecular formula is C10H13N5O3. The van der Waals surface area contributed by atoms with Crippen molar-refractivity contribution in [2.45, 2.75) is 6.04 Å². The van der Waals surface area contributed by atoms with Crippen molar-refractivity contribution in [1.29, 1.82) is 0 Å². The number of amides is 2. The lowest BCUT2D eigenvalue weighted by molar-refractivity contribution is -0.122. The largest absolute Gasteiger partial charge is 0.368 e. The molecule has 1 saturated heterocycles. The topological polar surface area (TPSA) is 121 Å². The number of rotatable bonds is 2. The summed E-state index contributed by atoms with van der Waals surface area (Å²) in [5, 5.41) is 8.81. The maximum Gasteiger partial charge on any atom is 0.275 e. The van der Waals surface area contributed by atoms with E-state index in [0.29, 0.717) is 19.6 Å². The maximum absolute atomic E-state index is 12.1. The summed E-state index contributed by atoms with van der Waals surface area (Å²) in [5.41, 5.74) is 4.94. The molecule has 2 amide bonds. The Kier molecular flexibility index (Phi) is 3.38. The smallest absolute Gasteiger partial charge is 0.275 e. The standard InChI is InChI=1S/C10H13N5O3/c11-9(17)7-5-12-3-4-15(7)10(18)6-1-2-8(16)14-13-6/h1-2,7,12H,3-5H2,(H2,11,17)(H,14,16). The summed E-state index contributed by atoms with van der Waals surface area (Å²) in [4.78, 5) is 35.6. The molecule has 18 heavy (non-hydrogen) atoms. The van der Waals surface area contributed by atoms with E-state index in [0.717, 1.165) is 0 Å². The Hall–Kier alpha value is -2.22. The van der Waals surface area contributed by atoms with Crippen LogP contribution in [-0.4, -0.2) is 52.6 Å². The van der Waals surface area contributed by atoms with Gasteiger partial charge in [-0.1, -0.05) is 0 Å². The summed E-state index contributed by atoms with van der Waals surface area (Å²) in [5.74, 6) is -0.989. The third-order valence-electron chi connectivity index (χ3n) is 2.73. The fourth-order valence-electron chi connectivity index (χ4n) is 1.81. The van der Waals surface area contributed by atoms with Gasteiger partial charge in [-0.2, -0.15) is 5.10 Å². The van der Waals surface area contributed by atoms with Crippen molar-refractivity contribution in [1.82, 2.24) is 20.4 Å². The molecule has 0 spiro atoms. The van der Waals surface area contributed by atoms with Crippen molar-refractivity contribution < 1.29 is 9.59 Å². The van der Waals surface area contributed by atoms with Crippen LogP contribution in [0.25, 0.3) is 0 Å². The summed E-state index contributed by atoms with van der Waals surface area (Å²) >= 11 is 0. The first kappa shape index (κ1) is 12.2. The van der Waals surface area contributed by atoms with Gasteiger partial charge in [-0.05, 0) is 6.07 Å². The van der Waals surface area contributed by atoms with Gasteiger partial charge in [0.2, 0.25) is 5.91 Å². The molecule has 8 heteroatoms. The van der Waals surface area contributed by atoms with Gasteiger partial charge in [-0.25, -0.2) is 5.10 Å². The predicted octanol–water partition coefficient (Wildman–Crippen LogP) is -2.33. The molecule has 1 aromatic rings. The van der Waals surface area contributed by atoms with Crippen LogP contribution in [0.15, 0.2) is 16.9 Å². The van der Waals surface area contributed by atoms with Gasteiger partial charge in [-0.3, -0.25) is 14.4 Å². The Balaban J connectivity index is 2.23. The first-order valence-corrected chi connectivity index (χ1v) is 5.46. The molecule has 0 aliphatic carbocycles. The third-order valence-corrected chi connectivity index (χ3v) is 2.73. The minimum Gasteiger partial charge on any atom is -0.368 e. The minimum atomic E-state index is -0.694. The molecule has 8 nitrogen and oxygen atoms in total. The fraction of sp³-hybridized carbons (Fsp3) is 0.400. The maximum atomic E-state index is 12.1. The zero-order chi connectivity index (χ0) is 13.1. The van der Waals surface area contributed by atoms with E-state index in [4.69, 9.17) is 5.73 Å². The second kappa shape index (κ2) is 4.96. The van der Waals surface area contributed by atoms with Crippen LogP contribution in [0, 0.1) is 0 Å². The zero-order valence-corrected chi connectivity index (χ0v) is 9.55. The Morgan fingerprint density at radius 3 is 2.83 bits per heavy atom. The zero-order valence-electron chi connectivity index (χ0n) is 9.55. The molecule has 96 valence electrons. The summed E-state index contributed by atoms with van der Waals surface area (Å²) in [7, 11) is 0. The molecule has 4 N–H and O–H groups in total. The van der Waals surface area contributed by atoms with E-state index in [1.807, 2.05) is 0 Å². The number of H-pyrrole nitrogens is 1. The molecule has 1 fully saturated rings. The number of nitrogens with two attached hydrogens (primary N) is 1. The van der Waals surface area contributed by atoms with Crippen LogP contribution in [0.3, 0.4) is 0 Å². The van der Waals surface area contributed by atoms with Gasteiger partial charge in [0, 0.05) is 25.7 Å². The molecule has 1 aliphatic heterocycles. The lowest BCUT2D eigenvalue weighted by atomic mass is 10.1. The number of carbonyl (C=O) groups excluding carboxylic acids is 2. The van der Waals surface area contributed by atoms with Gasteiger partial charge in [0.15, 0.2) is 0 Å². The number of hydrogen-bond acceptors (Lipinski definition) is 5. The van der Waals surface area contributed by atoms with Crippen molar-refractivity contribution in [2.24, 2.45) is 5.73 Å². The van der Waals surface area contributed by atoms with E-state index in [-0.39, 0.29) is 5.69 Å². The number of hydrogen-bond donors (Lipinski definition) is 3. The molecule has 2 rings (SSSR count). The van der Waals surface area contributed by atoms with Crippen molar-refractivity contribution in [3.8, 4) is 0 Å².